The number of aromatic nitrogens is 1. The molecule has 1 aromatic heterocycles. The number of sulfone groups is 1. The Morgan fingerprint density at radius 2 is 2.27 bits per heavy atom. The third kappa shape index (κ3) is 2.03. The highest BCUT2D eigenvalue weighted by Gasteiger charge is 2.30. The summed E-state index contributed by atoms with van der Waals surface area (Å²) in [5.74, 6) is 0. The lowest BCUT2D eigenvalue weighted by molar-refractivity contribution is 0.579. The summed E-state index contributed by atoms with van der Waals surface area (Å²) < 4.78 is 24.1. The second kappa shape index (κ2) is 3.90. The Hall–Kier alpha value is -0.940. The molecule has 1 N–H and O–H groups in total. The van der Waals surface area contributed by atoms with Gasteiger partial charge < -0.3 is 5.32 Å². The summed E-state index contributed by atoms with van der Waals surface area (Å²) in [6.07, 6.45) is 2.27. The molecule has 1 fully saturated rings. The Kier molecular flexibility index (Phi) is 2.75. The maximum atomic E-state index is 12.0. The van der Waals surface area contributed by atoms with E-state index in [9.17, 15) is 8.42 Å². The first-order valence-corrected chi connectivity index (χ1v) is 6.52. The summed E-state index contributed by atoms with van der Waals surface area (Å²) in [5, 5.41) is 2.94. The smallest absolute Gasteiger partial charge is 0.199 e. The van der Waals surface area contributed by atoms with Crippen LogP contribution in [-0.2, 0) is 9.84 Å². The molecule has 0 spiro atoms. The van der Waals surface area contributed by atoms with E-state index < -0.39 is 9.84 Å². The van der Waals surface area contributed by atoms with Gasteiger partial charge in [0.1, 0.15) is 0 Å². The highest BCUT2D eigenvalue weighted by molar-refractivity contribution is 7.92. The molecule has 2 rings (SSSR count). The fourth-order valence-electron chi connectivity index (χ4n) is 1.69. The molecule has 1 atom stereocenters. The third-order valence-electron chi connectivity index (χ3n) is 2.63. The van der Waals surface area contributed by atoms with E-state index in [0.29, 0.717) is 13.0 Å². The lowest BCUT2D eigenvalue weighted by Crippen LogP contribution is -2.24. The van der Waals surface area contributed by atoms with E-state index in [1.807, 2.05) is 6.92 Å². The minimum atomic E-state index is -3.23. The number of pyridine rings is 1. The van der Waals surface area contributed by atoms with Crippen LogP contribution in [0.15, 0.2) is 23.4 Å². The molecule has 1 saturated heterocycles. The summed E-state index contributed by atoms with van der Waals surface area (Å²) in [4.78, 5) is 3.98. The molecule has 1 aromatic rings. The summed E-state index contributed by atoms with van der Waals surface area (Å²) in [5.41, 5.74) is 0.971. The second-order valence-electron chi connectivity index (χ2n) is 3.83. The molecule has 0 bridgehead atoms. The highest BCUT2D eigenvalue weighted by atomic mass is 32.2. The molecule has 82 valence electrons. The number of nitrogens with one attached hydrogen (secondary N) is 1. The minimum Gasteiger partial charge on any atom is -0.315 e. The van der Waals surface area contributed by atoms with Crippen LogP contribution in [0, 0.1) is 6.92 Å². The fraction of sp³-hybridized carbons (Fsp3) is 0.500. The molecule has 1 aliphatic heterocycles. The van der Waals surface area contributed by atoms with Crippen LogP contribution in [0.3, 0.4) is 0 Å². The van der Waals surface area contributed by atoms with Crippen LogP contribution in [0.2, 0.25) is 0 Å². The van der Waals surface area contributed by atoms with Crippen molar-refractivity contribution in [1.29, 1.82) is 0 Å². The second-order valence-corrected chi connectivity index (χ2v) is 6.01. The van der Waals surface area contributed by atoms with Crippen LogP contribution < -0.4 is 5.32 Å². The Labute approximate surface area is 89.6 Å². The Bertz CT molecular complexity index is 433. The van der Waals surface area contributed by atoms with Crippen molar-refractivity contribution in [2.45, 2.75) is 23.6 Å². The van der Waals surface area contributed by atoms with Gasteiger partial charge >= 0.3 is 0 Å². The van der Waals surface area contributed by atoms with Crippen LogP contribution in [-0.4, -0.2) is 31.7 Å². The summed E-state index contributed by atoms with van der Waals surface area (Å²) in [6.45, 7) is 3.20. The van der Waals surface area contributed by atoms with Crippen molar-refractivity contribution in [3.05, 3.63) is 23.9 Å². The summed E-state index contributed by atoms with van der Waals surface area (Å²) in [6, 6.07) is 3.37. The zero-order valence-corrected chi connectivity index (χ0v) is 9.42. The first kappa shape index (κ1) is 10.6. The molecule has 2 heterocycles. The highest BCUT2D eigenvalue weighted by Crippen LogP contribution is 2.18. The molecular formula is C10H14N2O2S. The summed E-state index contributed by atoms with van der Waals surface area (Å²) >= 11 is 0. The van der Waals surface area contributed by atoms with Gasteiger partial charge in [-0.15, -0.1) is 0 Å². The van der Waals surface area contributed by atoms with E-state index in [2.05, 4.69) is 10.3 Å². The Morgan fingerprint density at radius 3 is 2.80 bits per heavy atom. The lowest BCUT2D eigenvalue weighted by Gasteiger charge is -2.09. The molecule has 0 radical (unpaired) electrons. The van der Waals surface area contributed by atoms with Crippen molar-refractivity contribution >= 4 is 9.84 Å². The van der Waals surface area contributed by atoms with Gasteiger partial charge in [-0.25, -0.2) is 13.4 Å². The topological polar surface area (TPSA) is 59.1 Å². The lowest BCUT2D eigenvalue weighted by atomic mass is 10.3. The average Bonchev–Trinajstić information content (AvgIpc) is 2.71. The van der Waals surface area contributed by atoms with Crippen molar-refractivity contribution in [2.24, 2.45) is 0 Å². The third-order valence-corrected chi connectivity index (χ3v) is 4.73. The van der Waals surface area contributed by atoms with Crippen molar-refractivity contribution in [1.82, 2.24) is 10.3 Å². The minimum absolute atomic E-state index is 0.196. The molecule has 0 unspecified atom stereocenters. The van der Waals surface area contributed by atoms with Crippen molar-refractivity contribution < 1.29 is 8.42 Å². The molecule has 5 heteroatoms. The zero-order chi connectivity index (χ0) is 10.9. The van der Waals surface area contributed by atoms with E-state index in [4.69, 9.17) is 0 Å². The van der Waals surface area contributed by atoms with E-state index in [1.54, 1.807) is 18.3 Å². The number of rotatable bonds is 2. The summed E-state index contributed by atoms with van der Waals surface area (Å²) in [7, 11) is -3.23. The molecule has 0 saturated carbocycles. The molecule has 1 aliphatic rings. The van der Waals surface area contributed by atoms with Crippen molar-refractivity contribution in [3.8, 4) is 0 Å². The molecule has 0 amide bonds. The van der Waals surface area contributed by atoms with Gasteiger partial charge in [-0.1, -0.05) is 6.07 Å². The first-order valence-electron chi connectivity index (χ1n) is 4.98. The van der Waals surface area contributed by atoms with Gasteiger partial charge in [0.15, 0.2) is 14.9 Å². The number of nitrogens with zero attached hydrogens (tertiary/aromatic N) is 1. The zero-order valence-electron chi connectivity index (χ0n) is 8.60. The van der Waals surface area contributed by atoms with Gasteiger partial charge in [-0.2, -0.15) is 0 Å². The monoisotopic (exact) mass is 226 g/mol. The molecule has 0 aromatic carbocycles. The van der Waals surface area contributed by atoms with Crippen LogP contribution in [0.25, 0.3) is 0 Å². The van der Waals surface area contributed by atoms with Gasteiger partial charge in [0.25, 0.3) is 0 Å². The maximum absolute atomic E-state index is 12.0. The predicted molar refractivity (Wildman–Crippen MR) is 57.4 cm³/mol. The standard InChI is InChI=1S/C10H14N2O2S/c1-8-2-3-10(12-6-8)15(13,14)9-4-5-11-7-9/h2-3,6,9,11H,4-5,7H2,1H3/t9-/m0/s1. The molecule has 4 nitrogen and oxygen atoms in total. The number of hydrogen-bond acceptors (Lipinski definition) is 4. The predicted octanol–water partition coefficient (Wildman–Crippen LogP) is 0.526. The van der Waals surface area contributed by atoms with Crippen molar-refractivity contribution in [3.63, 3.8) is 0 Å². The van der Waals surface area contributed by atoms with Crippen LogP contribution in [0.5, 0.6) is 0 Å². The number of hydrogen-bond donors (Lipinski definition) is 1. The average molecular weight is 226 g/mol. The van der Waals surface area contributed by atoms with Gasteiger partial charge in [-0.05, 0) is 31.5 Å². The quantitative estimate of drug-likeness (QED) is 0.799. The van der Waals surface area contributed by atoms with Crippen LogP contribution >= 0.6 is 0 Å². The van der Waals surface area contributed by atoms with E-state index in [1.165, 1.54) is 0 Å². The van der Waals surface area contributed by atoms with Gasteiger partial charge in [0.05, 0.1) is 5.25 Å². The SMILES string of the molecule is Cc1ccc(S(=O)(=O)[C@H]2CCNC2)nc1. The van der Waals surface area contributed by atoms with Gasteiger partial charge in [0.2, 0.25) is 0 Å². The normalized spacial score (nSPS) is 21.8. The van der Waals surface area contributed by atoms with E-state index in [-0.39, 0.29) is 10.3 Å². The van der Waals surface area contributed by atoms with Crippen LogP contribution in [0.4, 0.5) is 0 Å². The largest absolute Gasteiger partial charge is 0.315 e. The first-order chi connectivity index (χ1) is 7.10. The van der Waals surface area contributed by atoms with E-state index >= 15 is 0 Å². The Balaban J connectivity index is 2.32. The fourth-order valence-corrected chi connectivity index (χ4v) is 3.25. The van der Waals surface area contributed by atoms with Gasteiger partial charge in [0, 0.05) is 12.7 Å². The number of aryl methyl sites for hydroxylation is 1. The molecule has 15 heavy (non-hydrogen) atoms. The molecule has 0 aliphatic carbocycles. The van der Waals surface area contributed by atoms with Crippen molar-refractivity contribution in [2.75, 3.05) is 13.1 Å². The molecular weight excluding hydrogens is 212 g/mol. The Morgan fingerprint density at radius 1 is 1.47 bits per heavy atom. The maximum Gasteiger partial charge on any atom is 0.199 e. The van der Waals surface area contributed by atoms with Gasteiger partial charge in [-0.3, -0.25) is 0 Å². The van der Waals surface area contributed by atoms with Crippen LogP contribution in [0.1, 0.15) is 12.0 Å². The van der Waals surface area contributed by atoms with E-state index in [0.717, 1.165) is 12.1 Å².